The maximum Gasteiger partial charge on any atom is 0.255 e. The number of nitrogens with one attached hydrogen (secondary N) is 2. The lowest BCUT2D eigenvalue weighted by Crippen LogP contribution is -2.23. The van der Waals surface area contributed by atoms with Crippen LogP contribution in [-0.2, 0) is 16.6 Å². The number of sulfonamides is 1. The van der Waals surface area contributed by atoms with Gasteiger partial charge in [-0.2, -0.15) is 0 Å². The van der Waals surface area contributed by atoms with Gasteiger partial charge in [-0.1, -0.05) is 12.1 Å². The smallest absolute Gasteiger partial charge is 0.255 e. The minimum Gasteiger partial charge on any atom is -0.399 e. The molecule has 0 aromatic heterocycles. The Morgan fingerprint density at radius 2 is 1.50 bits per heavy atom. The van der Waals surface area contributed by atoms with Gasteiger partial charge >= 0.3 is 0 Å². The lowest BCUT2D eigenvalue weighted by Gasteiger charge is -2.09. The summed E-state index contributed by atoms with van der Waals surface area (Å²) in [6.07, 6.45) is 0. The molecule has 6 nitrogen and oxygen atoms in total. The third kappa shape index (κ3) is 4.93. The molecule has 0 fully saturated rings. The molecule has 0 bridgehead atoms. The van der Waals surface area contributed by atoms with Crippen LogP contribution in [0.2, 0.25) is 0 Å². The van der Waals surface area contributed by atoms with Crippen LogP contribution in [0.1, 0.15) is 15.9 Å². The highest BCUT2D eigenvalue weighted by Crippen LogP contribution is 2.14. The minimum atomic E-state index is -3.66. The molecule has 0 radical (unpaired) electrons. The van der Waals surface area contributed by atoms with Crippen molar-refractivity contribution in [1.29, 1.82) is 0 Å². The summed E-state index contributed by atoms with van der Waals surface area (Å²) < 4.78 is 40.0. The Hall–Kier alpha value is -3.23. The van der Waals surface area contributed by atoms with Gasteiger partial charge < -0.3 is 11.1 Å². The van der Waals surface area contributed by atoms with Crippen molar-refractivity contribution in [1.82, 2.24) is 4.72 Å². The second-order valence-electron chi connectivity index (χ2n) is 6.05. The SMILES string of the molecule is Nc1ccc(S(=O)(=O)NCc2ccc(C(=O)Nc3ccc(F)cc3)cc2)cc1. The molecule has 1 amide bonds. The number of benzene rings is 3. The Labute approximate surface area is 162 Å². The summed E-state index contributed by atoms with van der Waals surface area (Å²) in [5.74, 6) is -0.732. The number of amides is 1. The molecule has 0 saturated carbocycles. The van der Waals surface area contributed by atoms with Gasteiger partial charge in [0.15, 0.2) is 0 Å². The lowest BCUT2D eigenvalue weighted by molar-refractivity contribution is 0.102. The molecule has 0 unspecified atom stereocenters. The van der Waals surface area contributed by atoms with E-state index in [0.717, 1.165) is 0 Å². The standard InChI is InChI=1S/C20H18FN3O3S/c21-16-5-9-18(10-6-16)24-20(25)15-3-1-14(2-4-15)13-23-28(26,27)19-11-7-17(22)8-12-19/h1-12,23H,13,22H2,(H,24,25). The molecule has 0 saturated heterocycles. The van der Waals surface area contributed by atoms with E-state index in [1.165, 1.54) is 48.5 Å². The number of halogens is 1. The van der Waals surface area contributed by atoms with Gasteiger partial charge in [0.25, 0.3) is 5.91 Å². The molecule has 8 heteroatoms. The van der Waals surface area contributed by atoms with Crippen molar-refractivity contribution in [2.75, 3.05) is 11.1 Å². The third-order valence-electron chi connectivity index (χ3n) is 3.97. The number of nitrogen functional groups attached to an aromatic ring is 1. The first-order chi connectivity index (χ1) is 13.3. The number of carbonyl (C=O) groups excluding carboxylic acids is 1. The summed E-state index contributed by atoms with van der Waals surface area (Å²) in [6, 6.07) is 17.8. The Morgan fingerprint density at radius 3 is 2.11 bits per heavy atom. The fourth-order valence-electron chi connectivity index (χ4n) is 2.42. The fraction of sp³-hybridized carbons (Fsp3) is 0.0500. The molecular formula is C20H18FN3O3S. The van der Waals surface area contributed by atoms with Crippen molar-refractivity contribution >= 4 is 27.3 Å². The van der Waals surface area contributed by atoms with E-state index in [1.807, 2.05) is 0 Å². The molecule has 0 spiro atoms. The molecule has 0 aliphatic heterocycles. The second kappa shape index (κ2) is 8.20. The fourth-order valence-corrected chi connectivity index (χ4v) is 3.44. The predicted molar refractivity (Wildman–Crippen MR) is 106 cm³/mol. The van der Waals surface area contributed by atoms with Gasteiger partial charge in [0.05, 0.1) is 4.90 Å². The number of hydrogen-bond donors (Lipinski definition) is 3. The molecule has 3 rings (SSSR count). The Kier molecular flexibility index (Phi) is 5.72. The van der Waals surface area contributed by atoms with E-state index >= 15 is 0 Å². The molecule has 0 heterocycles. The first kappa shape index (κ1) is 19.5. The van der Waals surface area contributed by atoms with Crippen molar-refractivity contribution in [3.8, 4) is 0 Å². The van der Waals surface area contributed by atoms with Crippen molar-refractivity contribution in [2.45, 2.75) is 11.4 Å². The summed E-state index contributed by atoms with van der Waals surface area (Å²) in [7, 11) is -3.66. The molecule has 3 aromatic rings. The number of hydrogen-bond acceptors (Lipinski definition) is 4. The van der Waals surface area contributed by atoms with Gasteiger partial charge in [0, 0.05) is 23.5 Å². The Bertz CT molecular complexity index is 1070. The second-order valence-corrected chi connectivity index (χ2v) is 7.82. The maximum absolute atomic E-state index is 12.9. The first-order valence-corrected chi connectivity index (χ1v) is 9.83. The van der Waals surface area contributed by atoms with Gasteiger partial charge in [0.1, 0.15) is 5.82 Å². The van der Waals surface area contributed by atoms with Crippen molar-refractivity contribution in [3.63, 3.8) is 0 Å². The van der Waals surface area contributed by atoms with E-state index in [0.29, 0.717) is 22.5 Å². The number of rotatable bonds is 6. The van der Waals surface area contributed by atoms with E-state index in [2.05, 4.69) is 10.0 Å². The average molecular weight is 399 g/mol. The highest BCUT2D eigenvalue weighted by molar-refractivity contribution is 7.89. The summed E-state index contributed by atoms with van der Waals surface area (Å²) in [5.41, 5.74) is 7.61. The molecular weight excluding hydrogens is 381 g/mol. The minimum absolute atomic E-state index is 0.0760. The topological polar surface area (TPSA) is 101 Å². The quantitative estimate of drug-likeness (QED) is 0.554. The van der Waals surface area contributed by atoms with Gasteiger partial charge in [-0.15, -0.1) is 0 Å². The summed E-state index contributed by atoms with van der Waals surface area (Å²) in [4.78, 5) is 12.3. The number of anilines is 2. The van der Waals surface area contributed by atoms with Crippen molar-refractivity contribution < 1.29 is 17.6 Å². The largest absolute Gasteiger partial charge is 0.399 e. The third-order valence-corrected chi connectivity index (χ3v) is 5.39. The molecule has 0 atom stereocenters. The van der Waals surface area contributed by atoms with E-state index in [-0.39, 0.29) is 23.2 Å². The van der Waals surface area contributed by atoms with Gasteiger partial charge in [-0.3, -0.25) is 4.79 Å². The number of nitrogens with two attached hydrogens (primary N) is 1. The summed E-state index contributed by atoms with van der Waals surface area (Å²) in [5, 5.41) is 2.66. The van der Waals surface area contributed by atoms with E-state index < -0.39 is 10.0 Å². The van der Waals surface area contributed by atoms with Crippen LogP contribution >= 0.6 is 0 Å². The highest BCUT2D eigenvalue weighted by atomic mass is 32.2. The first-order valence-electron chi connectivity index (χ1n) is 8.34. The van der Waals surface area contributed by atoms with Crippen LogP contribution in [0.15, 0.2) is 77.7 Å². The van der Waals surface area contributed by atoms with Crippen LogP contribution in [0.4, 0.5) is 15.8 Å². The van der Waals surface area contributed by atoms with E-state index in [9.17, 15) is 17.6 Å². The monoisotopic (exact) mass is 399 g/mol. The van der Waals surface area contributed by atoms with Gasteiger partial charge in [-0.05, 0) is 66.2 Å². The Morgan fingerprint density at radius 1 is 0.893 bits per heavy atom. The van der Waals surface area contributed by atoms with Crippen LogP contribution in [0.3, 0.4) is 0 Å². The van der Waals surface area contributed by atoms with Gasteiger partial charge in [0.2, 0.25) is 10.0 Å². The molecule has 3 aromatic carbocycles. The van der Waals surface area contributed by atoms with Crippen LogP contribution in [0.25, 0.3) is 0 Å². The predicted octanol–water partition coefficient (Wildman–Crippen LogP) is 3.14. The van der Waals surface area contributed by atoms with Gasteiger partial charge in [-0.25, -0.2) is 17.5 Å². The van der Waals surface area contributed by atoms with Crippen LogP contribution < -0.4 is 15.8 Å². The Balaban J connectivity index is 1.61. The van der Waals surface area contributed by atoms with E-state index in [4.69, 9.17) is 5.73 Å². The van der Waals surface area contributed by atoms with Crippen LogP contribution in [0, 0.1) is 5.82 Å². The average Bonchev–Trinajstić information content (AvgIpc) is 2.69. The van der Waals surface area contributed by atoms with Crippen LogP contribution in [0.5, 0.6) is 0 Å². The molecule has 0 aliphatic carbocycles. The van der Waals surface area contributed by atoms with E-state index in [1.54, 1.807) is 24.3 Å². The zero-order chi connectivity index (χ0) is 20.1. The molecule has 4 N–H and O–H groups in total. The maximum atomic E-state index is 12.9. The highest BCUT2D eigenvalue weighted by Gasteiger charge is 2.13. The van der Waals surface area contributed by atoms with Crippen molar-refractivity contribution in [2.24, 2.45) is 0 Å². The molecule has 28 heavy (non-hydrogen) atoms. The zero-order valence-corrected chi connectivity index (χ0v) is 15.5. The normalized spacial score (nSPS) is 11.2. The zero-order valence-electron chi connectivity index (χ0n) is 14.7. The number of carbonyl (C=O) groups is 1. The molecule has 0 aliphatic rings. The van der Waals surface area contributed by atoms with Crippen molar-refractivity contribution in [3.05, 3.63) is 89.7 Å². The molecule has 144 valence electrons. The summed E-state index contributed by atoms with van der Waals surface area (Å²) in [6.45, 7) is 0.0760. The van der Waals surface area contributed by atoms with Crippen LogP contribution in [-0.4, -0.2) is 14.3 Å². The lowest BCUT2D eigenvalue weighted by atomic mass is 10.1. The summed E-state index contributed by atoms with van der Waals surface area (Å²) >= 11 is 0.